The maximum absolute atomic E-state index is 12.2. The molecule has 1 aromatic heterocycles. The van der Waals surface area contributed by atoms with Gasteiger partial charge in [0.15, 0.2) is 0 Å². The molecule has 1 amide bonds. The summed E-state index contributed by atoms with van der Waals surface area (Å²) in [7, 11) is 0. The van der Waals surface area contributed by atoms with E-state index in [1.54, 1.807) is 12.4 Å². The van der Waals surface area contributed by atoms with Gasteiger partial charge >= 0.3 is 0 Å². The summed E-state index contributed by atoms with van der Waals surface area (Å²) in [6, 6.07) is 3.94. The number of pyridine rings is 1. The molecule has 4 nitrogen and oxygen atoms in total. The molecule has 1 saturated heterocycles. The lowest BCUT2D eigenvalue weighted by molar-refractivity contribution is -0.133. The summed E-state index contributed by atoms with van der Waals surface area (Å²) in [6.45, 7) is 4.41. The maximum Gasteiger partial charge on any atom is 0.239 e. The highest BCUT2D eigenvalue weighted by molar-refractivity contribution is 5.82. The van der Waals surface area contributed by atoms with Gasteiger partial charge in [0, 0.05) is 25.5 Å². The van der Waals surface area contributed by atoms with Crippen molar-refractivity contribution >= 4 is 5.91 Å². The van der Waals surface area contributed by atoms with Crippen molar-refractivity contribution in [3.8, 4) is 0 Å². The smallest absolute Gasteiger partial charge is 0.239 e. The van der Waals surface area contributed by atoms with E-state index in [0.29, 0.717) is 6.54 Å². The molecule has 0 saturated carbocycles. The second kappa shape index (κ2) is 5.77. The van der Waals surface area contributed by atoms with Gasteiger partial charge in [-0.1, -0.05) is 0 Å². The molecule has 0 bridgehead atoms. The average molecular weight is 233 g/mol. The maximum atomic E-state index is 12.2. The van der Waals surface area contributed by atoms with Gasteiger partial charge in [0.25, 0.3) is 0 Å². The lowest BCUT2D eigenvalue weighted by Crippen LogP contribution is -2.43. The predicted molar refractivity (Wildman–Crippen MR) is 66.4 cm³/mol. The highest BCUT2D eigenvalue weighted by Crippen LogP contribution is 2.11. The third-order valence-electron chi connectivity index (χ3n) is 3.17. The van der Waals surface area contributed by atoms with Crippen molar-refractivity contribution in [2.45, 2.75) is 32.4 Å². The fraction of sp³-hybridized carbons (Fsp3) is 0.538. The first kappa shape index (κ1) is 12.0. The monoisotopic (exact) mass is 233 g/mol. The van der Waals surface area contributed by atoms with Gasteiger partial charge < -0.3 is 10.2 Å². The molecule has 1 fully saturated rings. The molecule has 4 heteroatoms. The Morgan fingerprint density at radius 3 is 2.88 bits per heavy atom. The Kier molecular flexibility index (Phi) is 4.09. The minimum absolute atomic E-state index is 0.0248. The van der Waals surface area contributed by atoms with E-state index >= 15 is 0 Å². The number of aromatic nitrogens is 1. The molecule has 92 valence electrons. The SMILES string of the molecule is CCN(Cc1ccncc1)C(=O)C1CCCN1. The van der Waals surface area contributed by atoms with Crippen LogP contribution in [-0.2, 0) is 11.3 Å². The van der Waals surface area contributed by atoms with E-state index in [-0.39, 0.29) is 11.9 Å². The van der Waals surface area contributed by atoms with Gasteiger partial charge in [0.1, 0.15) is 0 Å². The zero-order valence-corrected chi connectivity index (χ0v) is 10.2. The van der Waals surface area contributed by atoms with Gasteiger partial charge in [-0.25, -0.2) is 0 Å². The largest absolute Gasteiger partial charge is 0.337 e. The molecule has 0 aliphatic carbocycles. The molecule has 1 N–H and O–H groups in total. The van der Waals surface area contributed by atoms with Crippen LogP contribution < -0.4 is 5.32 Å². The molecule has 17 heavy (non-hydrogen) atoms. The molecule has 2 heterocycles. The molecule has 0 radical (unpaired) electrons. The van der Waals surface area contributed by atoms with E-state index in [4.69, 9.17) is 0 Å². The highest BCUT2D eigenvalue weighted by Gasteiger charge is 2.25. The van der Waals surface area contributed by atoms with Crippen LogP contribution in [0.5, 0.6) is 0 Å². The van der Waals surface area contributed by atoms with Crippen LogP contribution in [-0.4, -0.2) is 34.9 Å². The first-order chi connectivity index (χ1) is 8.31. The van der Waals surface area contributed by atoms with E-state index in [1.807, 2.05) is 24.0 Å². The Bertz CT molecular complexity index is 360. The van der Waals surface area contributed by atoms with E-state index in [2.05, 4.69) is 10.3 Å². The van der Waals surface area contributed by atoms with E-state index in [9.17, 15) is 4.79 Å². The van der Waals surface area contributed by atoms with Crippen LogP contribution in [0.25, 0.3) is 0 Å². The van der Waals surface area contributed by atoms with Gasteiger partial charge in [-0.15, -0.1) is 0 Å². The van der Waals surface area contributed by atoms with Gasteiger partial charge in [-0.05, 0) is 44.0 Å². The first-order valence-corrected chi connectivity index (χ1v) is 6.22. The molecule has 2 rings (SSSR count). The first-order valence-electron chi connectivity index (χ1n) is 6.22. The van der Waals surface area contributed by atoms with Crippen molar-refractivity contribution < 1.29 is 4.79 Å². The summed E-state index contributed by atoms with van der Waals surface area (Å²) >= 11 is 0. The summed E-state index contributed by atoms with van der Waals surface area (Å²) < 4.78 is 0. The highest BCUT2D eigenvalue weighted by atomic mass is 16.2. The Labute approximate surface area is 102 Å². The van der Waals surface area contributed by atoms with Crippen LogP contribution in [0.2, 0.25) is 0 Å². The van der Waals surface area contributed by atoms with Crippen LogP contribution in [0.15, 0.2) is 24.5 Å². The number of nitrogens with one attached hydrogen (secondary N) is 1. The fourth-order valence-corrected chi connectivity index (χ4v) is 2.17. The minimum atomic E-state index is 0.0248. The molecule has 0 spiro atoms. The van der Waals surface area contributed by atoms with Gasteiger partial charge in [-0.3, -0.25) is 9.78 Å². The van der Waals surface area contributed by atoms with Crippen LogP contribution in [0.1, 0.15) is 25.3 Å². The van der Waals surface area contributed by atoms with E-state index < -0.39 is 0 Å². The van der Waals surface area contributed by atoms with Gasteiger partial charge in [0.2, 0.25) is 5.91 Å². The third kappa shape index (κ3) is 3.03. The Morgan fingerprint density at radius 1 is 1.53 bits per heavy atom. The van der Waals surface area contributed by atoms with Crippen LogP contribution in [0.4, 0.5) is 0 Å². The second-order valence-corrected chi connectivity index (χ2v) is 4.36. The molecular formula is C13H19N3O. The second-order valence-electron chi connectivity index (χ2n) is 4.36. The zero-order valence-electron chi connectivity index (χ0n) is 10.2. The van der Waals surface area contributed by atoms with E-state index in [1.165, 1.54) is 0 Å². The van der Waals surface area contributed by atoms with Crippen molar-refractivity contribution in [3.05, 3.63) is 30.1 Å². The number of nitrogens with zero attached hydrogens (tertiary/aromatic N) is 2. The van der Waals surface area contributed by atoms with Crippen molar-refractivity contribution in [1.82, 2.24) is 15.2 Å². The molecule has 1 aliphatic heterocycles. The topological polar surface area (TPSA) is 45.2 Å². The minimum Gasteiger partial charge on any atom is -0.337 e. The zero-order chi connectivity index (χ0) is 12.1. The van der Waals surface area contributed by atoms with Crippen LogP contribution in [0.3, 0.4) is 0 Å². The standard InChI is InChI=1S/C13H19N3O/c1-2-16(10-11-5-8-14-9-6-11)13(17)12-4-3-7-15-12/h5-6,8-9,12,15H,2-4,7,10H2,1H3. The van der Waals surface area contributed by atoms with Crippen molar-refractivity contribution in [1.29, 1.82) is 0 Å². The fourth-order valence-electron chi connectivity index (χ4n) is 2.17. The van der Waals surface area contributed by atoms with Crippen LogP contribution in [0, 0.1) is 0 Å². The number of hydrogen-bond donors (Lipinski definition) is 1. The van der Waals surface area contributed by atoms with Crippen molar-refractivity contribution in [2.24, 2.45) is 0 Å². The molecule has 0 aromatic carbocycles. The lowest BCUT2D eigenvalue weighted by atomic mass is 10.2. The van der Waals surface area contributed by atoms with Crippen molar-refractivity contribution in [3.63, 3.8) is 0 Å². The summed E-state index contributed by atoms with van der Waals surface area (Å²) in [6.07, 6.45) is 5.60. The Balaban J connectivity index is 1.98. The summed E-state index contributed by atoms with van der Waals surface area (Å²) in [5, 5.41) is 3.25. The third-order valence-corrected chi connectivity index (χ3v) is 3.17. The summed E-state index contributed by atoms with van der Waals surface area (Å²) in [5.41, 5.74) is 1.13. The average Bonchev–Trinajstić information content (AvgIpc) is 2.90. The number of likely N-dealkylation sites (N-methyl/N-ethyl adjacent to an activating group) is 1. The summed E-state index contributed by atoms with van der Waals surface area (Å²) in [5.74, 6) is 0.224. The van der Waals surface area contributed by atoms with E-state index in [0.717, 1.165) is 31.5 Å². The molecule has 1 atom stereocenters. The number of amides is 1. The quantitative estimate of drug-likeness (QED) is 0.849. The van der Waals surface area contributed by atoms with Gasteiger partial charge in [-0.2, -0.15) is 0 Å². The normalized spacial score (nSPS) is 19.2. The Hall–Kier alpha value is -1.42. The number of carbonyl (C=O) groups is 1. The lowest BCUT2D eigenvalue weighted by Gasteiger charge is -2.24. The number of carbonyl (C=O) groups excluding carboxylic acids is 1. The summed E-state index contributed by atoms with van der Waals surface area (Å²) in [4.78, 5) is 18.1. The molecule has 1 unspecified atom stereocenters. The van der Waals surface area contributed by atoms with Gasteiger partial charge in [0.05, 0.1) is 6.04 Å². The molecule has 1 aromatic rings. The molecular weight excluding hydrogens is 214 g/mol. The molecule has 1 aliphatic rings. The Morgan fingerprint density at radius 2 is 2.29 bits per heavy atom. The van der Waals surface area contributed by atoms with Crippen LogP contribution >= 0.6 is 0 Å². The number of hydrogen-bond acceptors (Lipinski definition) is 3. The predicted octanol–water partition coefficient (Wildman–Crippen LogP) is 1.18. The number of rotatable bonds is 4. The van der Waals surface area contributed by atoms with Crippen molar-refractivity contribution in [2.75, 3.05) is 13.1 Å².